The van der Waals surface area contributed by atoms with Gasteiger partial charge >= 0.3 is 6.18 Å². The van der Waals surface area contributed by atoms with Gasteiger partial charge in [0, 0.05) is 24.0 Å². The summed E-state index contributed by atoms with van der Waals surface area (Å²) < 4.78 is 38.9. The number of nitrogens with two attached hydrogens (primary N) is 1. The fourth-order valence-corrected chi connectivity index (χ4v) is 3.74. The fourth-order valence-electron chi connectivity index (χ4n) is 3.74. The molecule has 0 aliphatic carbocycles. The van der Waals surface area contributed by atoms with E-state index in [2.05, 4.69) is 4.98 Å². The summed E-state index contributed by atoms with van der Waals surface area (Å²) in [5.74, 6) is -0.458. The van der Waals surface area contributed by atoms with Gasteiger partial charge in [-0.15, -0.1) is 0 Å². The number of pyridine rings is 1. The van der Waals surface area contributed by atoms with Crippen LogP contribution in [0.4, 0.5) is 24.5 Å². The molecule has 0 radical (unpaired) electrons. The average molecular weight is 397 g/mol. The third-order valence-corrected chi connectivity index (χ3v) is 5.05. The molecular weight excluding hydrogens is 379 g/mol. The van der Waals surface area contributed by atoms with Gasteiger partial charge in [-0.25, -0.2) is 0 Å². The second-order valence-corrected chi connectivity index (χ2v) is 7.00. The van der Waals surface area contributed by atoms with Gasteiger partial charge in [0.15, 0.2) is 0 Å². The van der Waals surface area contributed by atoms with E-state index in [-0.39, 0.29) is 0 Å². The number of hydrogen-bond donors (Lipinski definition) is 1. The number of hydrogen-bond acceptors (Lipinski definition) is 3. The SMILES string of the molecule is NC(=O)c1cccc2c1CCN2c1cncc(Cc2cccc(C(F)(F)F)c2)c1. The van der Waals surface area contributed by atoms with Crippen molar-refractivity contribution in [3.8, 4) is 0 Å². The van der Waals surface area contributed by atoms with Gasteiger partial charge in [0.2, 0.25) is 5.91 Å². The van der Waals surface area contributed by atoms with Gasteiger partial charge in [0.05, 0.1) is 17.4 Å². The van der Waals surface area contributed by atoms with Crippen LogP contribution in [-0.2, 0) is 19.0 Å². The maximum Gasteiger partial charge on any atom is 0.416 e. The van der Waals surface area contributed by atoms with Gasteiger partial charge < -0.3 is 10.6 Å². The highest BCUT2D eigenvalue weighted by Gasteiger charge is 2.30. The van der Waals surface area contributed by atoms with Crippen LogP contribution in [0.1, 0.15) is 32.6 Å². The third-order valence-electron chi connectivity index (χ3n) is 5.05. The van der Waals surface area contributed by atoms with Crippen molar-refractivity contribution in [1.82, 2.24) is 4.98 Å². The molecule has 1 amide bonds. The van der Waals surface area contributed by atoms with Crippen molar-refractivity contribution in [1.29, 1.82) is 0 Å². The first-order valence-electron chi connectivity index (χ1n) is 9.12. The molecule has 2 heterocycles. The molecule has 0 saturated heterocycles. The van der Waals surface area contributed by atoms with E-state index in [0.717, 1.165) is 34.6 Å². The van der Waals surface area contributed by atoms with E-state index in [0.29, 0.717) is 30.5 Å². The van der Waals surface area contributed by atoms with Crippen LogP contribution in [0.15, 0.2) is 60.9 Å². The quantitative estimate of drug-likeness (QED) is 0.706. The number of alkyl halides is 3. The molecule has 7 heteroatoms. The number of fused-ring (bicyclic) bond motifs is 1. The first-order valence-corrected chi connectivity index (χ1v) is 9.12. The van der Waals surface area contributed by atoms with Crippen molar-refractivity contribution in [2.45, 2.75) is 19.0 Å². The zero-order valence-electron chi connectivity index (χ0n) is 15.4. The molecule has 0 bridgehead atoms. The van der Waals surface area contributed by atoms with Crippen LogP contribution in [0.2, 0.25) is 0 Å². The summed E-state index contributed by atoms with van der Waals surface area (Å²) in [6.07, 6.45) is 0.0227. The topological polar surface area (TPSA) is 59.2 Å². The van der Waals surface area contributed by atoms with Crippen LogP contribution in [0, 0.1) is 0 Å². The van der Waals surface area contributed by atoms with Gasteiger partial charge in [0.25, 0.3) is 0 Å². The van der Waals surface area contributed by atoms with E-state index in [1.165, 1.54) is 6.07 Å². The molecule has 2 N–H and O–H groups in total. The van der Waals surface area contributed by atoms with Crippen molar-refractivity contribution >= 4 is 17.3 Å². The van der Waals surface area contributed by atoms with E-state index in [4.69, 9.17) is 5.73 Å². The standard InChI is InChI=1S/C22H18F3N3O/c23-22(24,25)16-4-1-3-14(10-16)9-15-11-17(13-27-12-15)28-8-7-18-19(21(26)29)5-2-6-20(18)28/h1-6,10-13H,7-9H2,(H2,26,29). The third kappa shape index (κ3) is 3.81. The Morgan fingerprint density at radius 1 is 1.07 bits per heavy atom. The number of rotatable bonds is 4. The predicted molar refractivity (Wildman–Crippen MR) is 104 cm³/mol. The highest BCUT2D eigenvalue weighted by molar-refractivity contribution is 5.97. The van der Waals surface area contributed by atoms with Crippen LogP contribution < -0.4 is 10.6 Å². The smallest absolute Gasteiger partial charge is 0.366 e. The maximum absolute atomic E-state index is 13.0. The van der Waals surface area contributed by atoms with Crippen LogP contribution in [0.5, 0.6) is 0 Å². The highest BCUT2D eigenvalue weighted by atomic mass is 19.4. The molecule has 0 unspecified atom stereocenters. The van der Waals surface area contributed by atoms with Crippen molar-refractivity contribution in [2.75, 3.05) is 11.4 Å². The molecule has 0 fully saturated rings. The maximum atomic E-state index is 13.0. The number of benzene rings is 2. The second kappa shape index (κ2) is 7.24. The summed E-state index contributed by atoms with van der Waals surface area (Å²) in [5, 5.41) is 0. The van der Waals surface area contributed by atoms with Gasteiger partial charge in [-0.2, -0.15) is 13.2 Å². The number of carbonyl (C=O) groups excluding carboxylic acids is 1. The van der Waals surface area contributed by atoms with E-state index >= 15 is 0 Å². The van der Waals surface area contributed by atoms with Gasteiger partial charge in [-0.3, -0.25) is 9.78 Å². The minimum atomic E-state index is -4.37. The van der Waals surface area contributed by atoms with E-state index < -0.39 is 17.6 Å². The summed E-state index contributed by atoms with van der Waals surface area (Å²) in [7, 11) is 0. The summed E-state index contributed by atoms with van der Waals surface area (Å²) >= 11 is 0. The first-order chi connectivity index (χ1) is 13.8. The number of primary amides is 1. The zero-order chi connectivity index (χ0) is 20.6. The summed E-state index contributed by atoms with van der Waals surface area (Å²) in [4.78, 5) is 18.0. The molecule has 0 spiro atoms. The molecule has 0 atom stereocenters. The molecule has 4 nitrogen and oxygen atoms in total. The molecule has 0 saturated carbocycles. The fraction of sp³-hybridized carbons (Fsp3) is 0.182. The Morgan fingerprint density at radius 3 is 2.62 bits per heavy atom. The lowest BCUT2D eigenvalue weighted by atomic mass is 10.0. The molecule has 2 aromatic carbocycles. The number of nitrogens with zero attached hydrogens (tertiary/aromatic N) is 2. The highest BCUT2D eigenvalue weighted by Crippen LogP contribution is 2.36. The molecule has 1 aromatic heterocycles. The molecule has 4 rings (SSSR count). The Bertz CT molecular complexity index is 1080. The number of anilines is 2. The Balaban J connectivity index is 1.62. The van der Waals surface area contributed by atoms with Crippen molar-refractivity contribution in [3.05, 3.63) is 88.7 Å². The van der Waals surface area contributed by atoms with Crippen LogP contribution in [0.3, 0.4) is 0 Å². The van der Waals surface area contributed by atoms with E-state index in [9.17, 15) is 18.0 Å². The molecule has 29 heavy (non-hydrogen) atoms. The molecular formula is C22H18F3N3O. The second-order valence-electron chi connectivity index (χ2n) is 7.00. The van der Waals surface area contributed by atoms with Gasteiger partial charge in [0.1, 0.15) is 0 Å². The Labute approximate surface area is 165 Å². The van der Waals surface area contributed by atoms with Crippen LogP contribution in [-0.4, -0.2) is 17.4 Å². The summed E-state index contributed by atoms with van der Waals surface area (Å²) in [6, 6.07) is 12.7. The molecule has 148 valence electrons. The predicted octanol–water partition coefficient (Wildman–Crippen LogP) is 4.48. The van der Waals surface area contributed by atoms with Gasteiger partial charge in [-0.05, 0) is 53.8 Å². The van der Waals surface area contributed by atoms with Crippen molar-refractivity contribution in [2.24, 2.45) is 5.73 Å². The lowest BCUT2D eigenvalue weighted by Gasteiger charge is -2.20. The first kappa shape index (κ1) is 19.0. The molecule has 1 aliphatic heterocycles. The normalized spacial score (nSPS) is 13.4. The monoisotopic (exact) mass is 397 g/mol. The molecule has 1 aliphatic rings. The van der Waals surface area contributed by atoms with Crippen LogP contribution in [0.25, 0.3) is 0 Å². The lowest BCUT2D eigenvalue weighted by molar-refractivity contribution is -0.137. The minimum Gasteiger partial charge on any atom is -0.366 e. The lowest BCUT2D eigenvalue weighted by Crippen LogP contribution is -2.14. The van der Waals surface area contributed by atoms with Crippen molar-refractivity contribution in [3.63, 3.8) is 0 Å². The number of amides is 1. The Kier molecular flexibility index (Phi) is 4.74. The minimum absolute atomic E-state index is 0.340. The number of aromatic nitrogens is 1. The molecule has 3 aromatic rings. The van der Waals surface area contributed by atoms with Crippen LogP contribution >= 0.6 is 0 Å². The zero-order valence-corrected chi connectivity index (χ0v) is 15.4. The summed E-state index contributed by atoms with van der Waals surface area (Å²) in [5.41, 5.74) is 9.33. The Morgan fingerprint density at radius 2 is 1.86 bits per heavy atom. The van der Waals surface area contributed by atoms with E-state index in [1.54, 1.807) is 30.6 Å². The van der Waals surface area contributed by atoms with Crippen molar-refractivity contribution < 1.29 is 18.0 Å². The number of carbonyl (C=O) groups is 1. The Hall–Kier alpha value is -3.35. The largest absolute Gasteiger partial charge is 0.416 e. The number of halogens is 3. The van der Waals surface area contributed by atoms with Gasteiger partial charge in [-0.1, -0.05) is 24.3 Å². The summed E-state index contributed by atoms with van der Waals surface area (Å²) in [6.45, 7) is 0.675. The van der Waals surface area contributed by atoms with E-state index in [1.807, 2.05) is 17.0 Å². The average Bonchev–Trinajstić information content (AvgIpc) is 3.12.